The van der Waals surface area contributed by atoms with Crippen LogP contribution < -0.4 is 4.90 Å². The van der Waals surface area contributed by atoms with Gasteiger partial charge in [-0.3, -0.25) is 4.90 Å². The van der Waals surface area contributed by atoms with Crippen molar-refractivity contribution in [2.24, 2.45) is 5.41 Å². The first kappa shape index (κ1) is 13.1. The molecule has 0 unspecified atom stereocenters. The molecule has 6 atom stereocenters. The minimum Gasteiger partial charge on any atom is -0.380 e. The normalized spacial score (nSPS) is 53.2. The van der Waals surface area contributed by atoms with Crippen LogP contribution in [0.3, 0.4) is 0 Å². The quantitative estimate of drug-likeness (QED) is 0.787. The van der Waals surface area contributed by atoms with E-state index < -0.39 is 11.3 Å². The van der Waals surface area contributed by atoms with E-state index in [-0.39, 0.29) is 24.0 Å². The Labute approximate surface area is 141 Å². The van der Waals surface area contributed by atoms with E-state index in [4.69, 9.17) is 9.47 Å². The Bertz CT molecular complexity index is 771. The number of hydrogen-bond donors (Lipinski definition) is 1. The predicted molar refractivity (Wildman–Crippen MR) is 86.2 cm³/mol. The molecule has 0 amide bonds. The second-order valence-corrected chi connectivity index (χ2v) is 8.64. The van der Waals surface area contributed by atoms with Gasteiger partial charge in [-0.2, -0.15) is 0 Å². The minimum atomic E-state index is -0.922. The molecule has 6 saturated heterocycles. The molecule has 0 radical (unpaired) electrons. The Morgan fingerprint density at radius 2 is 2.04 bits per heavy atom. The number of aliphatic hydroxyl groups is 1. The molecule has 7 aliphatic heterocycles. The van der Waals surface area contributed by atoms with Crippen LogP contribution in [0.25, 0.3) is 0 Å². The van der Waals surface area contributed by atoms with Crippen LogP contribution in [-0.2, 0) is 15.1 Å². The van der Waals surface area contributed by atoms with Gasteiger partial charge in [0.05, 0.1) is 6.04 Å². The summed E-state index contributed by atoms with van der Waals surface area (Å²) in [5.74, 6) is 0. The van der Waals surface area contributed by atoms with Crippen LogP contribution in [0.1, 0.15) is 37.7 Å². The number of fused-ring (bicyclic) bond motifs is 2. The first-order valence-electron chi connectivity index (χ1n) is 9.37. The predicted octanol–water partition coefficient (Wildman–Crippen LogP) is 1.75. The zero-order valence-corrected chi connectivity index (χ0v) is 13.6. The van der Waals surface area contributed by atoms with E-state index >= 15 is 0 Å². The number of nitrogens with zero attached hydrogens (tertiary/aromatic N) is 2. The van der Waals surface area contributed by atoms with Crippen molar-refractivity contribution < 1.29 is 14.6 Å². The van der Waals surface area contributed by atoms with E-state index in [1.165, 1.54) is 12.8 Å². The Balaban J connectivity index is 1.57. The molecule has 1 aromatic rings. The SMILES string of the molecule is O[C@]12CCN3CCC[C@]45C[C@H]6O[C@H](C4)N(c4ccccc41)[C@@]2(O6)[C@H]35. The summed E-state index contributed by atoms with van der Waals surface area (Å²) < 4.78 is 12.9. The van der Waals surface area contributed by atoms with Crippen LogP contribution in [0, 0.1) is 5.41 Å². The molecule has 126 valence electrons. The van der Waals surface area contributed by atoms with Gasteiger partial charge in [0.15, 0.2) is 12.0 Å². The number of hydrogen-bond acceptors (Lipinski definition) is 5. The van der Waals surface area contributed by atoms with Gasteiger partial charge >= 0.3 is 0 Å². The molecule has 0 saturated carbocycles. The van der Waals surface area contributed by atoms with Crippen molar-refractivity contribution in [3.8, 4) is 0 Å². The average molecular weight is 326 g/mol. The lowest BCUT2D eigenvalue weighted by atomic mass is 9.55. The molecule has 0 aromatic heterocycles. The molecule has 7 aliphatic rings. The van der Waals surface area contributed by atoms with Crippen molar-refractivity contribution in [1.82, 2.24) is 4.90 Å². The maximum atomic E-state index is 12.0. The highest BCUT2D eigenvalue weighted by atomic mass is 16.7. The molecule has 0 aliphatic carbocycles. The zero-order chi connectivity index (χ0) is 15.7. The van der Waals surface area contributed by atoms with E-state index in [1.54, 1.807) is 0 Å². The highest BCUT2D eigenvalue weighted by molar-refractivity contribution is 5.68. The molecule has 1 N–H and O–H groups in total. The molecule has 5 heteroatoms. The first-order chi connectivity index (χ1) is 11.7. The van der Waals surface area contributed by atoms with E-state index in [9.17, 15) is 5.11 Å². The van der Waals surface area contributed by atoms with E-state index in [2.05, 4.69) is 28.0 Å². The van der Waals surface area contributed by atoms with Gasteiger partial charge in [-0.1, -0.05) is 18.2 Å². The molecule has 1 aromatic carbocycles. The Hall–Kier alpha value is -1.14. The lowest BCUT2D eigenvalue weighted by Gasteiger charge is -2.75. The standard InChI is InChI=1S/C19H22N2O3/c22-18-7-9-20-8-3-6-17-10-14-21(13-5-2-1-4-12(13)18)19(18,16(17)20)24-15(11-17)23-14/h1-2,4-5,14-16,22H,3,6-11H2/t14-,15+,16-,17-,18-,19-/m1/s1. The molecular formula is C19H22N2O3. The van der Waals surface area contributed by atoms with Gasteiger partial charge in [0, 0.05) is 30.6 Å². The number of piperidine rings is 3. The van der Waals surface area contributed by atoms with E-state index in [0.29, 0.717) is 0 Å². The molecule has 4 bridgehead atoms. The molecule has 8 rings (SSSR count). The summed E-state index contributed by atoms with van der Waals surface area (Å²) in [5, 5.41) is 12.0. The maximum absolute atomic E-state index is 12.0. The largest absolute Gasteiger partial charge is 0.380 e. The van der Waals surface area contributed by atoms with Crippen LogP contribution in [-0.4, -0.2) is 47.4 Å². The van der Waals surface area contributed by atoms with Gasteiger partial charge in [-0.25, -0.2) is 0 Å². The number of anilines is 1. The maximum Gasteiger partial charge on any atom is 0.195 e. The third-order valence-corrected chi connectivity index (χ3v) is 7.82. The van der Waals surface area contributed by atoms with Gasteiger partial charge in [0.1, 0.15) is 11.8 Å². The highest BCUT2D eigenvalue weighted by Gasteiger charge is 2.81. The average Bonchev–Trinajstić information content (AvgIpc) is 2.80. The summed E-state index contributed by atoms with van der Waals surface area (Å²) in [7, 11) is 0. The molecule has 6 fully saturated rings. The fourth-order valence-electron chi connectivity index (χ4n) is 7.24. The van der Waals surface area contributed by atoms with Crippen molar-refractivity contribution in [1.29, 1.82) is 0 Å². The molecule has 5 nitrogen and oxygen atoms in total. The summed E-state index contributed by atoms with van der Waals surface area (Å²) in [6.07, 6.45) is 5.20. The zero-order valence-electron chi connectivity index (χ0n) is 13.6. The molecule has 2 spiro atoms. The third-order valence-electron chi connectivity index (χ3n) is 7.82. The monoisotopic (exact) mass is 326 g/mol. The molecule has 24 heavy (non-hydrogen) atoms. The van der Waals surface area contributed by atoms with E-state index in [0.717, 1.165) is 43.6 Å². The van der Waals surface area contributed by atoms with Gasteiger partial charge in [-0.15, -0.1) is 0 Å². The number of para-hydroxylation sites is 1. The van der Waals surface area contributed by atoms with Gasteiger partial charge in [-0.05, 0) is 37.3 Å². The van der Waals surface area contributed by atoms with E-state index in [1.807, 2.05) is 6.07 Å². The molecular weight excluding hydrogens is 304 g/mol. The summed E-state index contributed by atoms with van der Waals surface area (Å²) in [6.45, 7) is 2.10. The number of rotatable bonds is 0. The lowest BCUT2D eigenvalue weighted by molar-refractivity contribution is -0.424. The Morgan fingerprint density at radius 1 is 1.12 bits per heavy atom. The van der Waals surface area contributed by atoms with Crippen molar-refractivity contribution in [3.63, 3.8) is 0 Å². The van der Waals surface area contributed by atoms with Crippen LogP contribution >= 0.6 is 0 Å². The topological polar surface area (TPSA) is 45.2 Å². The Morgan fingerprint density at radius 3 is 3.00 bits per heavy atom. The van der Waals surface area contributed by atoms with Gasteiger partial charge < -0.3 is 19.5 Å². The summed E-state index contributed by atoms with van der Waals surface area (Å²) in [6, 6.07) is 8.62. The van der Waals surface area contributed by atoms with Crippen LogP contribution in [0.2, 0.25) is 0 Å². The summed E-state index contributed by atoms with van der Waals surface area (Å²) >= 11 is 0. The van der Waals surface area contributed by atoms with Gasteiger partial charge in [0.2, 0.25) is 0 Å². The number of ether oxygens (including phenoxy) is 2. The summed E-state index contributed by atoms with van der Waals surface area (Å²) in [4.78, 5) is 4.94. The second kappa shape index (κ2) is 3.68. The smallest absolute Gasteiger partial charge is 0.195 e. The third kappa shape index (κ3) is 1.09. The van der Waals surface area contributed by atoms with Crippen LogP contribution in [0.5, 0.6) is 0 Å². The fourth-order valence-corrected chi connectivity index (χ4v) is 7.24. The highest BCUT2D eigenvalue weighted by Crippen LogP contribution is 2.71. The van der Waals surface area contributed by atoms with Crippen molar-refractivity contribution in [3.05, 3.63) is 29.8 Å². The van der Waals surface area contributed by atoms with Crippen LogP contribution in [0.15, 0.2) is 24.3 Å². The lowest BCUT2D eigenvalue weighted by Crippen LogP contribution is -2.88. The number of benzene rings is 1. The summed E-state index contributed by atoms with van der Waals surface area (Å²) in [5.41, 5.74) is 0.832. The van der Waals surface area contributed by atoms with Crippen molar-refractivity contribution in [2.75, 3.05) is 18.0 Å². The second-order valence-electron chi connectivity index (χ2n) is 8.64. The fraction of sp³-hybridized carbons (Fsp3) is 0.684. The van der Waals surface area contributed by atoms with Crippen molar-refractivity contribution >= 4 is 5.69 Å². The first-order valence-corrected chi connectivity index (χ1v) is 9.37. The van der Waals surface area contributed by atoms with Crippen LogP contribution in [0.4, 0.5) is 5.69 Å². The minimum absolute atomic E-state index is 0.0435. The Kier molecular flexibility index (Phi) is 2.01. The molecule has 7 heterocycles. The van der Waals surface area contributed by atoms with Gasteiger partial charge in [0.25, 0.3) is 0 Å². The van der Waals surface area contributed by atoms with Crippen molar-refractivity contribution in [2.45, 2.75) is 62.0 Å².